The fourth-order valence-electron chi connectivity index (χ4n) is 3.61. The molecule has 0 bridgehead atoms. The van der Waals surface area contributed by atoms with E-state index in [1.54, 1.807) is 48.5 Å². The van der Waals surface area contributed by atoms with Crippen molar-refractivity contribution in [2.75, 3.05) is 26.4 Å². The topological polar surface area (TPSA) is 180 Å². The lowest BCUT2D eigenvalue weighted by atomic mass is 10.1. The molecule has 0 spiro atoms. The van der Waals surface area contributed by atoms with Crippen LogP contribution in [-0.2, 0) is 28.5 Å². The number of carbonyl (C=O) groups is 6. The summed E-state index contributed by atoms with van der Waals surface area (Å²) in [6, 6.07) is 12.7. The Balaban J connectivity index is 0.000000764. The van der Waals surface area contributed by atoms with E-state index in [1.807, 2.05) is 27.7 Å². The Morgan fingerprint density at radius 2 is 0.600 bits per heavy atom. The summed E-state index contributed by atoms with van der Waals surface area (Å²) < 4.78 is 20.4. The first-order valence-electron chi connectivity index (χ1n) is 17.3. The van der Waals surface area contributed by atoms with E-state index in [0.717, 1.165) is 51.4 Å². The number of rotatable bonds is 21. The van der Waals surface area contributed by atoms with Gasteiger partial charge in [0.2, 0.25) is 0 Å². The molecule has 0 amide bonds. The van der Waals surface area contributed by atoms with E-state index in [9.17, 15) is 28.8 Å². The molecule has 0 radical (unpaired) electrons. The second kappa shape index (κ2) is 29.2. The van der Waals surface area contributed by atoms with Crippen LogP contribution in [0.2, 0.25) is 0 Å². The number of carbonyl (C=O) groups excluding carboxylic acids is 4. The summed E-state index contributed by atoms with van der Waals surface area (Å²) in [7, 11) is 0. The van der Waals surface area contributed by atoms with E-state index >= 15 is 0 Å². The monoisotopic (exact) mass is 702 g/mol. The van der Waals surface area contributed by atoms with Crippen molar-refractivity contribution in [3.8, 4) is 0 Å². The maximum absolute atomic E-state index is 11.7. The van der Waals surface area contributed by atoms with Crippen LogP contribution >= 0.6 is 0 Å². The zero-order chi connectivity index (χ0) is 37.6. The highest BCUT2D eigenvalue weighted by atomic mass is 16.5. The van der Waals surface area contributed by atoms with Gasteiger partial charge in [-0.1, -0.05) is 53.4 Å². The fourth-order valence-corrected chi connectivity index (χ4v) is 3.61. The molecule has 0 fully saturated rings. The van der Waals surface area contributed by atoms with Gasteiger partial charge >= 0.3 is 35.8 Å². The third-order valence-corrected chi connectivity index (χ3v) is 6.67. The Morgan fingerprint density at radius 1 is 0.400 bits per heavy atom. The van der Waals surface area contributed by atoms with E-state index < -0.39 is 11.9 Å². The van der Waals surface area contributed by atoms with Crippen LogP contribution < -0.4 is 0 Å². The molecule has 278 valence electrons. The van der Waals surface area contributed by atoms with Gasteiger partial charge in [-0.2, -0.15) is 0 Å². The molecule has 12 heteroatoms. The predicted molar refractivity (Wildman–Crippen MR) is 187 cm³/mol. The zero-order valence-electron chi connectivity index (χ0n) is 29.9. The Labute approximate surface area is 295 Å². The maximum atomic E-state index is 11.7. The van der Waals surface area contributed by atoms with Gasteiger partial charge in [0.25, 0.3) is 0 Å². The molecule has 2 aromatic carbocycles. The lowest BCUT2D eigenvalue weighted by molar-refractivity contribution is -0.139. The van der Waals surface area contributed by atoms with Crippen molar-refractivity contribution in [3.05, 3.63) is 70.8 Å². The number of esters is 4. The average Bonchev–Trinajstić information content (AvgIpc) is 3.11. The van der Waals surface area contributed by atoms with Crippen molar-refractivity contribution in [1.82, 2.24) is 0 Å². The molecule has 0 aliphatic heterocycles. The summed E-state index contributed by atoms with van der Waals surface area (Å²) in [5.74, 6) is -3.17. The van der Waals surface area contributed by atoms with E-state index in [2.05, 4.69) is 0 Å². The Bertz CT molecular complexity index is 1090. The van der Waals surface area contributed by atoms with E-state index in [1.165, 1.54) is 0 Å². The number of benzene rings is 2. The summed E-state index contributed by atoms with van der Waals surface area (Å²) in [5, 5.41) is 16.3. The van der Waals surface area contributed by atoms with E-state index in [-0.39, 0.29) is 36.7 Å². The minimum Gasteiger partial charge on any atom is -0.481 e. The molecule has 2 rings (SSSR count). The van der Waals surface area contributed by atoms with Crippen LogP contribution in [0.25, 0.3) is 0 Å². The summed E-state index contributed by atoms with van der Waals surface area (Å²) >= 11 is 0. The quantitative estimate of drug-likeness (QED) is 0.0730. The first kappa shape index (κ1) is 45.3. The van der Waals surface area contributed by atoms with Crippen molar-refractivity contribution < 1.29 is 57.9 Å². The third kappa shape index (κ3) is 22.8. The van der Waals surface area contributed by atoms with E-state index in [0.29, 0.717) is 61.5 Å². The van der Waals surface area contributed by atoms with Gasteiger partial charge < -0.3 is 29.2 Å². The van der Waals surface area contributed by atoms with Gasteiger partial charge in [0.15, 0.2) is 0 Å². The summed E-state index contributed by atoms with van der Waals surface area (Å²) in [4.78, 5) is 66.5. The molecule has 0 saturated carbocycles. The van der Waals surface area contributed by atoms with Crippen LogP contribution in [0.15, 0.2) is 48.5 Å². The molecule has 0 atom stereocenters. The smallest absolute Gasteiger partial charge is 0.338 e. The molecule has 0 unspecified atom stereocenters. The van der Waals surface area contributed by atoms with Crippen molar-refractivity contribution in [3.63, 3.8) is 0 Å². The minimum absolute atomic E-state index is 0.0628. The van der Waals surface area contributed by atoms with E-state index in [4.69, 9.17) is 29.2 Å². The number of aliphatic carboxylic acids is 2. The van der Waals surface area contributed by atoms with Crippen molar-refractivity contribution in [1.29, 1.82) is 0 Å². The highest BCUT2D eigenvalue weighted by Gasteiger charge is 2.12. The Hall–Kier alpha value is -4.74. The Morgan fingerprint density at radius 3 is 0.760 bits per heavy atom. The molecule has 0 aromatic heterocycles. The number of hydrogen-bond acceptors (Lipinski definition) is 10. The highest BCUT2D eigenvalue weighted by Crippen LogP contribution is 2.10. The molecule has 50 heavy (non-hydrogen) atoms. The average molecular weight is 703 g/mol. The summed E-state index contributed by atoms with van der Waals surface area (Å²) in [6.07, 6.45) is 8.36. The largest absolute Gasteiger partial charge is 0.481 e. The summed E-state index contributed by atoms with van der Waals surface area (Å²) in [6.45, 7) is 9.84. The van der Waals surface area contributed by atoms with Gasteiger partial charge in [-0.15, -0.1) is 0 Å². The van der Waals surface area contributed by atoms with Crippen LogP contribution in [0.5, 0.6) is 0 Å². The second-order valence-corrected chi connectivity index (χ2v) is 11.1. The molecular formula is C38H54O12. The van der Waals surface area contributed by atoms with Crippen molar-refractivity contribution >= 4 is 35.8 Å². The maximum Gasteiger partial charge on any atom is 0.338 e. The number of carboxylic acid groups (broad SMARTS) is 2. The SMILES string of the molecule is CCCCOC(=O)c1ccc(C(=O)OCCCC)cc1.CCCCOC(=O)c1ccc(C(=O)OCCCC)cc1.O=C(O)CCCCC(=O)O. The lowest BCUT2D eigenvalue weighted by Crippen LogP contribution is -2.09. The number of carboxylic acids is 2. The van der Waals surface area contributed by atoms with Crippen LogP contribution in [0.3, 0.4) is 0 Å². The van der Waals surface area contributed by atoms with Crippen LogP contribution in [0.1, 0.15) is 146 Å². The minimum atomic E-state index is -0.870. The normalized spacial score (nSPS) is 9.92. The lowest BCUT2D eigenvalue weighted by Gasteiger charge is -2.06. The first-order valence-corrected chi connectivity index (χ1v) is 17.3. The van der Waals surface area contributed by atoms with Crippen molar-refractivity contribution in [2.45, 2.75) is 105 Å². The standard InChI is InChI=1S/2C16H22O4.C6H10O4/c2*1-3-5-11-19-15(17)13-7-9-14(10-8-13)16(18)20-12-6-4-2;7-5(8)3-1-2-4-6(9)10/h2*7-10H,3-6,11-12H2,1-2H3;1-4H2,(H,7,8)(H,9,10). The summed E-state index contributed by atoms with van der Waals surface area (Å²) in [5.41, 5.74) is 1.80. The third-order valence-electron chi connectivity index (χ3n) is 6.67. The molecule has 12 nitrogen and oxygen atoms in total. The van der Waals surface area contributed by atoms with Gasteiger partial charge in [0.05, 0.1) is 48.7 Å². The van der Waals surface area contributed by atoms with Gasteiger partial charge in [0.1, 0.15) is 0 Å². The number of unbranched alkanes of at least 4 members (excludes halogenated alkanes) is 5. The first-order chi connectivity index (χ1) is 24.0. The molecule has 2 N–H and O–H groups in total. The molecule has 0 aliphatic rings. The van der Waals surface area contributed by atoms with Crippen molar-refractivity contribution in [2.24, 2.45) is 0 Å². The van der Waals surface area contributed by atoms with Gasteiger partial charge in [-0.25, -0.2) is 19.2 Å². The molecule has 0 heterocycles. The Kier molecular flexibility index (Phi) is 26.4. The van der Waals surface area contributed by atoms with Crippen LogP contribution in [0, 0.1) is 0 Å². The molecular weight excluding hydrogens is 648 g/mol. The predicted octanol–water partition coefficient (Wildman–Crippen LogP) is 7.92. The highest BCUT2D eigenvalue weighted by molar-refractivity contribution is 5.94. The van der Waals surface area contributed by atoms with Gasteiger partial charge in [0, 0.05) is 12.8 Å². The zero-order valence-corrected chi connectivity index (χ0v) is 29.9. The molecule has 0 saturated heterocycles. The van der Waals surface area contributed by atoms with Gasteiger partial charge in [-0.05, 0) is 87.1 Å². The number of ether oxygens (including phenoxy) is 4. The van der Waals surface area contributed by atoms with Crippen LogP contribution in [0.4, 0.5) is 0 Å². The van der Waals surface area contributed by atoms with Crippen LogP contribution in [-0.4, -0.2) is 72.5 Å². The fraction of sp³-hybridized carbons (Fsp3) is 0.526. The molecule has 0 aliphatic carbocycles. The second-order valence-electron chi connectivity index (χ2n) is 11.1. The number of hydrogen-bond donors (Lipinski definition) is 2. The van der Waals surface area contributed by atoms with Gasteiger partial charge in [-0.3, -0.25) is 9.59 Å². The molecule has 2 aromatic rings.